The van der Waals surface area contributed by atoms with Gasteiger partial charge in [0.05, 0.1) is 13.2 Å². The average Bonchev–Trinajstić information content (AvgIpc) is 3.06. The predicted octanol–water partition coefficient (Wildman–Crippen LogP) is 1.72. The third kappa shape index (κ3) is 5.16. The monoisotopic (exact) mass is 320 g/mol. The van der Waals surface area contributed by atoms with E-state index in [4.69, 9.17) is 15.2 Å². The van der Waals surface area contributed by atoms with E-state index in [0.717, 1.165) is 31.4 Å². The number of amides is 2. The van der Waals surface area contributed by atoms with Gasteiger partial charge in [0, 0.05) is 6.04 Å². The number of nitrogens with zero attached hydrogens (tertiary/aromatic N) is 1. The molecule has 0 saturated heterocycles. The summed E-state index contributed by atoms with van der Waals surface area (Å²) in [5.41, 5.74) is 5.26. The fourth-order valence-corrected chi connectivity index (χ4v) is 2.83. The lowest BCUT2D eigenvalue weighted by Crippen LogP contribution is -2.46. The van der Waals surface area contributed by atoms with Crippen molar-refractivity contribution in [2.75, 3.05) is 19.8 Å². The third-order valence-electron chi connectivity index (χ3n) is 3.91. The van der Waals surface area contributed by atoms with E-state index in [1.165, 1.54) is 0 Å². The van der Waals surface area contributed by atoms with Crippen LogP contribution in [0, 0.1) is 0 Å². The van der Waals surface area contributed by atoms with Crippen LogP contribution in [0.1, 0.15) is 32.6 Å². The minimum absolute atomic E-state index is 0.0455. The van der Waals surface area contributed by atoms with Crippen molar-refractivity contribution in [3.05, 3.63) is 24.3 Å². The molecule has 2 N–H and O–H groups in total. The van der Waals surface area contributed by atoms with Gasteiger partial charge in [-0.05, 0) is 44.0 Å². The molecular weight excluding hydrogens is 296 g/mol. The molecule has 126 valence electrons. The van der Waals surface area contributed by atoms with Crippen molar-refractivity contribution < 1.29 is 19.1 Å². The van der Waals surface area contributed by atoms with Crippen molar-refractivity contribution in [1.82, 2.24) is 4.90 Å². The van der Waals surface area contributed by atoms with Gasteiger partial charge in [0.15, 0.2) is 6.61 Å². The molecule has 0 radical (unpaired) electrons. The molecule has 1 saturated carbocycles. The zero-order valence-electron chi connectivity index (χ0n) is 13.5. The molecule has 0 atom stereocenters. The van der Waals surface area contributed by atoms with Gasteiger partial charge in [0.1, 0.15) is 11.5 Å². The molecule has 2 amide bonds. The number of rotatable bonds is 8. The van der Waals surface area contributed by atoms with Crippen LogP contribution >= 0.6 is 0 Å². The van der Waals surface area contributed by atoms with Crippen LogP contribution in [0.4, 0.5) is 0 Å². The Labute approximate surface area is 136 Å². The molecule has 0 bridgehead atoms. The van der Waals surface area contributed by atoms with E-state index in [9.17, 15) is 9.59 Å². The van der Waals surface area contributed by atoms with Gasteiger partial charge in [0.25, 0.3) is 5.91 Å². The van der Waals surface area contributed by atoms with Gasteiger partial charge in [-0.1, -0.05) is 12.8 Å². The van der Waals surface area contributed by atoms with Crippen LogP contribution in [0.15, 0.2) is 24.3 Å². The Morgan fingerprint density at radius 1 is 1.13 bits per heavy atom. The molecule has 0 spiro atoms. The smallest absolute Gasteiger partial charge is 0.261 e. The molecule has 0 unspecified atom stereocenters. The van der Waals surface area contributed by atoms with E-state index in [2.05, 4.69) is 0 Å². The predicted molar refractivity (Wildman–Crippen MR) is 86.3 cm³/mol. The summed E-state index contributed by atoms with van der Waals surface area (Å²) in [4.78, 5) is 25.2. The molecule has 2 rings (SSSR count). The summed E-state index contributed by atoms with van der Waals surface area (Å²) in [6.07, 6.45) is 3.99. The zero-order valence-corrected chi connectivity index (χ0v) is 13.5. The molecule has 0 aromatic heterocycles. The summed E-state index contributed by atoms with van der Waals surface area (Å²) in [6, 6.07) is 7.19. The second kappa shape index (κ2) is 8.41. The molecule has 23 heavy (non-hydrogen) atoms. The standard InChI is InChI=1S/C17H24N2O4/c1-2-22-14-7-9-15(10-8-14)23-12-17(21)19(11-16(18)20)13-5-3-4-6-13/h7-10,13H,2-6,11-12H2,1H3,(H2,18,20). The van der Waals surface area contributed by atoms with Crippen LogP contribution in [0.25, 0.3) is 0 Å². The molecular formula is C17H24N2O4. The van der Waals surface area contributed by atoms with Crippen LogP contribution in [0.5, 0.6) is 11.5 Å². The van der Waals surface area contributed by atoms with Crippen LogP contribution in [0.3, 0.4) is 0 Å². The quantitative estimate of drug-likeness (QED) is 0.790. The average molecular weight is 320 g/mol. The Kier molecular flexibility index (Phi) is 6.26. The maximum atomic E-state index is 12.4. The topological polar surface area (TPSA) is 81.9 Å². The van der Waals surface area contributed by atoms with E-state index in [-0.39, 0.29) is 25.1 Å². The Morgan fingerprint density at radius 2 is 1.70 bits per heavy atom. The van der Waals surface area contributed by atoms with Gasteiger partial charge in [-0.15, -0.1) is 0 Å². The maximum Gasteiger partial charge on any atom is 0.261 e. The highest BCUT2D eigenvalue weighted by Gasteiger charge is 2.27. The summed E-state index contributed by atoms with van der Waals surface area (Å²) in [5, 5.41) is 0. The number of benzene rings is 1. The van der Waals surface area contributed by atoms with E-state index >= 15 is 0 Å². The minimum atomic E-state index is -0.494. The molecule has 1 fully saturated rings. The van der Waals surface area contributed by atoms with Crippen molar-refractivity contribution in [2.45, 2.75) is 38.6 Å². The van der Waals surface area contributed by atoms with Gasteiger partial charge in [-0.25, -0.2) is 0 Å². The number of ether oxygens (including phenoxy) is 2. The normalized spacial score (nSPS) is 14.5. The number of hydrogen-bond donors (Lipinski definition) is 1. The van der Waals surface area contributed by atoms with Gasteiger partial charge in [-0.2, -0.15) is 0 Å². The SMILES string of the molecule is CCOc1ccc(OCC(=O)N(CC(N)=O)C2CCCC2)cc1. The molecule has 6 nitrogen and oxygen atoms in total. The van der Waals surface area contributed by atoms with Crippen LogP contribution in [-0.2, 0) is 9.59 Å². The first-order chi connectivity index (χ1) is 11.1. The number of hydrogen-bond acceptors (Lipinski definition) is 4. The summed E-state index contributed by atoms with van der Waals surface area (Å²) < 4.78 is 10.9. The molecule has 1 aromatic carbocycles. The molecule has 1 aliphatic rings. The molecule has 6 heteroatoms. The summed E-state index contributed by atoms with van der Waals surface area (Å²) >= 11 is 0. The van der Waals surface area contributed by atoms with Crippen molar-refractivity contribution in [1.29, 1.82) is 0 Å². The second-order valence-electron chi connectivity index (χ2n) is 5.62. The van der Waals surface area contributed by atoms with E-state index in [1.807, 2.05) is 6.92 Å². The number of primary amides is 1. The Balaban J connectivity index is 1.91. The maximum absolute atomic E-state index is 12.4. The summed E-state index contributed by atoms with van der Waals surface area (Å²) in [6.45, 7) is 2.37. The first-order valence-corrected chi connectivity index (χ1v) is 8.03. The molecule has 0 aliphatic heterocycles. The van der Waals surface area contributed by atoms with E-state index in [0.29, 0.717) is 12.4 Å². The zero-order chi connectivity index (χ0) is 16.7. The summed E-state index contributed by atoms with van der Waals surface area (Å²) in [5.74, 6) is 0.649. The number of carbonyl (C=O) groups is 2. The Morgan fingerprint density at radius 3 is 2.22 bits per heavy atom. The number of nitrogens with two attached hydrogens (primary N) is 1. The fraction of sp³-hybridized carbons (Fsp3) is 0.529. The lowest BCUT2D eigenvalue weighted by molar-refractivity contribution is -0.139. The highest BCUT2D eigenvalue weighted by Crippen LogP contribution is 2.24. The van der Waals surface area contributed by atoms with Crippen LogP contribution < -0.4 is 15.2 Å². The van der Waals surface area contributed by atoms with Crippen molar-refractivity contribution in [3.63, 3.8) is 0 Å². The highest BCUT2D eigenvalue weighted by atomic mass is 16.5. The van der Waals surface area contributed by atoms with E-state index in [1.54, 1.807) is 29.2 Å². The van der Waals surface area contributed by atoms with Gasteiger partial charge in [0.2, 0.25) is 5.91 Å². The first-order valence-electron chi connectivity index (χ1n) is 8.03. The van der Waals surface area contributed by atoms with Gasteiger partial charge < -0.3 is 20.1 Å². The lowest BCUT2D eigenvalue weighted by Gasteiger charge is -2.27. The van der Waals surface area contributed by atoms with Crippen LogP contribution in [-0.4, -0.2) is 42.5 Å². The first kappa shape index (κ1) is 17.1. The molecule has 1 aliphatic carbocycles. The van der Waals surface area contributed by atoms with Crippen molar-refractivity contribution in [2.24, 2.45) is 5.73 Å². The minimum Gasteiger partial charge on any atom is -0.494 e. The second-order valence-corrected chi connectivity index (χ2v) is 5.62. The molecule has 1 aromatic rings. The van der Waals surface area contributed by atoms with Crippen molar-refractivity contribution >= 4 is 11.8 Å². The largest absolute Gasteiger partial charge is 0.494 e. The Hall–Kier alpha value is -2.24. The fourth-order valence-electron chi connectivity index (χ4n) is 2.83. The Bertz CT molecular complexity index is 524. The van der Waals surface area contributed by atoms with Gasteiger partial charge >= 0.3 is 0 Å². The van der Waals surface area contributed by atoms with Crippen molar-refractivity contribution in [3.8, 4) is 11.5 Å². The van der Waals surface area contributed by atoms with E-state index < -0.39 is 5.91 Å². The number of carbonyl (C=O) groups excluding carboxylic acids is 2. The molecule has 0 heterocycles. The summed E-state index contributed by atoms with van der Waals surface area (Å²) in [7, 11) is 0. The van der Waals surface area contributed by atoms with Crippen LogP contribution in [0.2, 0.25) is 0 Å². The third-order valence-corrected chi connectivity index (χ3v) is 3.91. The lowest BCUT2D eigenvalue weighted by atomic mass is 10.2. The highest BCUT2D eigenvalue weighted by molar-refractivity contribution is 5.84. The van der Waals surface area contributed by atoms with Gasteiger partial charge in [-0.3, -0.25) is 9.59 Å².